The number of aromatic hydroxyl groups is 2. The van der Waals surface area contributed by atoms with E-state index in [0.717, 1.165) is 20.9 Å². The lowest BCUT2D eigenvalue weighted by molar-refractivity contribution is -0.142. The molecule has 0 aliphatic carbocycles. The maximum atomic E-state index is 14.6. The number of phenolic OH excluding ortho intramolecular Hbond substituents is 2. The Balaban J connectivity index is 1.48. The summed E-state index contributed by atoms with van der Waals surface area (Å²) in [4.78, 5) is 96.5. The van der Waals surface area contributed by atoms with E-state index in [1.165, 1.54) is 57.4 Å². The van der Waals surface area contributed by atoms with Crippen molar-refractivity contribution in [1.29, 1.82) is 0 Å². The number of primary amides is 1. The summed E-state index contributed by atoms with van der Waals surface area (Å²) >= 11 is 6.04. The molecule has 0 radical (unpaired) electrons. The van der Waals surface area contributed by atoms with Gasteiger partial charge < -0.3 is 52.7 Å². The average molecular weight is 915 g/mol. The fourth-order valence-electron chi connectivity index (χ4n) is 7.35. The minimum absolute atomic E-state index is 0.0334. The van der Waals surface area contributed by atoms with Gasteiger partial charge in [0.05, 0.1) is 6.54 Å². The van der Waals surface area contributed by atoms with Gasteiger partial charge in [-0.15, -0.1) is 0 Å². The summed E-state index contributed by atoms with van der Waals surface area (Å²) in [5.41, 5.74) is 13.5. The normalized spacial score (nSPS) is 17.0. The number of nitrogens with two attached hydrogens (primary N) is 2. The summed E-state index contributed by atoms with van der Waals surface area (Å²) in [7, 11) is 2.54. The molecule has 0 unspecified atom stereocenters. The van der Waals surface area contributed by atoms with E-state index in [9.17, 15) is 48.2 Å². The molecule has 5 atom stereocenters. The van der Waals surface area contributed by atoms with Crippen molar-refractivity contribution in [3.8, 4) is 33.8 Å². The highest BCUT2D eigenvalue weighted by atomic mass is 35.5. The van der Waals surface area contributed by atoms with E-state index < -0.39 is 84.8 Å². The van der Waals surface area contributed by atoms with E-state index in [4.69, 9.17) is 23.1 Å². The minimum atomic E-state index is -1.76. The maximum absolute atomic E-state index is 14.6. The second-order valence-corrected chi connectivity index (χ2v) is 16.2. The molecule has 0 aromatic heterocycles. The molecule has 4 bridgehead atoms. The molecule has 17 nitrogen and oxygen atoms in total. The molecule has 1 heterocycles. The summed E-state index contributed by atoms with van der Waals surface area (Å²) in [5.74, 6) is -6.48. The van der Waals surface area contributed by atoms with Crippen molar-refractivity contribution in [2.75, 3.05) is 33.9 Å². The molecule has 10 N–H and O–H groups in total. The summed E-state index contributed by atoms with van der Waals surface area (Å²) in [6.07, 6.45) is 0.821. The van der Waals surface area contributed by atoms with Crippen molar-refractivity contribution in [3.63, 3.8) is 0 Å². The number of hydrogen-bond acceptors (Lipinski definition) is 10. The summed E-state index contributed by atoms with van der Waals surface area (Å²) in [6.45, 7) is -0.283. The predicted octanol–water partition coefficient (Wildman–Crippen LogP) is 2.46. The Labute approximate surface area is 379 Å². The second-order valence-electron chi connectivity index (χ2n) is 15.7. The quantitative estimate of drug-likeness (QED) is 0.0808. The van der Waals surface area contributed by atoms with E-state index in [2.05, 4.69) is 21.3 Å². The molecule has 0 saturated carbocycles. The van der Waals surface area contributed by atoms with Gasteiger partial charge in [-0.05, 0) is 104 Å². The number of carbonyl (C=O) groups excluding carboxylic acids is 7. The van der Waals surface area contributed by atoms with E-state index in [1.807, 2.05) is 12.1 Å². The summed E-state index contributed by atoms with van der Waals surface area (Å²) in [6, 6.07) is 14.9. The van der Waals surface area contributed by atoms with Gasteiger partial charge in [0.25, 0.3) is 5.91 Å². The van der Waals surface area contributed by atoms with E-state index in [0.29, 0.717) is 30.0 Å². The zero-order chi connectivity index (χ0) is 47.5. The van der Waals surface area contributed by atoms with Crippen molar-refractivity contribution >= 4 is 53.0 Å². The maximum Gasteiger partial charge on any atom is 0.251 e. The zero-order valence-electron chi connectivity index (χ0n) is 36.0. The second kappa shape index (κ2) is 22.0. The number of alkyl halides is 1. The number of carbonyl (C=O) groups is 7. The van der Waals surface area contributed by atoms with E-state index in [1.54, 1.807) is 36.4 Å². The lowest BCUT2D eigenvalue weighted by Crippen LogP contribution is -2.58. The highest BCUT2D eigenvalue weighted by Crippen LogP contribution is 2.39. The van der Waals surface area contributed by atoms with Gasteiger partial charge >= 0.3 is 0 Å². The Hall–Kier alpha value is -7.05. The predicted molar refractivity (Wildman–Crippen MR) is 240 cm³/mol. The topological polar surface area (TPSA) is 267 Å². The third-order valence-electron chi connectivity index (χ3n) is 10.9. The molecular weight excluding hydrogens is 863 g/mol. The van der Waals surface area contributed by atoms with Crippen LogP contribution in [0.4, 0.5) is 4.39 Å². The van der Waals surface area contributed by atoms with Gasteiger partial charge in [0, 0.05) is 42.2 Å². The first-order valence-electron chi connectivity index (χ1n) is 20.7. The summed E-state index contributed by atoms with van der Waals surface area (Å²) < 4.78 is 14.2. The molecule has 19 heteroatoms. The molecule has 1 aliphatic heterocycles. The van der Waals surface area contributed by atoms with Gasteiger partial charge in [-0.2, -0.15) is 0 Å². The van der Waals surface area contributed by atoms with Gasteiger partial charge in [0.1, 0.15) is 48.4 Å². The van der Waals surface area contributed by atoms with Crippen LogP contribution in [0.2, 0.25) is 5.02 Å². The Morgan fingerprint density at radius 2 is 1.43 bits per heavy atom. The van der Waals surface area contributed by atoms with Crippen LogP contribution in [-0.2, 0) is 35.2 Å². The molecule has 4 aromatic rings. The van der Waals surface area contributed by atoms with Gasteiger partial charge in [-0.3, -0.25) is 33.6 Å². The zero-order valence-corrected chi connectivity index (χ0v) is 36.7. The van der Waals surface area contributed by atoms with Crippen LogP contribution < -0.4 is 32.7 Å². The molecule has 0 spiro atoms. The number of fused-ring (bicyclic) bond motifs is 5. The smallest absolute Gasteiger partial charge is 0.251 e. The van der Waals surface area contributed by atoms with Gasteiger partial charge in [0.15, 0.2) is 0 Å². The van der Waals surface area contributed by atoms with Crippen molar-refractivity contribution in [2.45, 2.75) is 62.8 Å². The van der Waals surface area contributed by atoms with Gasteiger partial charge in [-0.1, -0.05) is 48.0 Å². The van der Waals surface area contributed by atoms with Crippen LogP contribution in [0.25, 0.3) is 22.3 Å². The first-order chi connectivity index (χ1) is 30.9. The summed E-state index contributed by atoms with van der Waals surface area (Å²) in [5, 5.41) is 33.0. The molecule has 344 valence electrons. The van der Waals surface area contributed by atoms with Crippen molar-refractivity contribution < 1.29 is 48.2 Å². The van der Waals surface area contributed by atoms with Crippen LogP contribution >= 0.6 is 11.6 Å². The largest absolute Gasteiger partial charge is 0.507 e. The number of amides is 7. The molecule has 0 fully saturated rings. The third-order valence-corrected chi connectivity index (χ3v) is 11.2. The van der Waals surface area contributed by atoms with Crippen molar-refractivity contribution in [3.05, 3.63) is 107 Å². The molecule has 4 aromatic carbocycles. The van der Waals surface area contributed by atoms with Crippen LogP contribution in [0.3, 0.4) is 0 Å². The van der Waals surface area contributed by atoms with Gasteiger partial charge in [-0.25, -0.2) is 4.39 Å². The molecule has 0 saturated heterocycles. The lowest BCUT2D eigenvalue weighted by Gasteiger charge is -2.32. The average Bonchev–Trinajstić information content (AvgIpc) is 3.28. The number of nitrogens with zero attached hydrogens (tertiary/aromatic N) is 2. The van der Waals surface area contributed by atoms with Crippen LogP contribution in [0.15, 0.2) is 84.9 Å². The molecule has 1 aliphatic rings. The highest BCUT2D eigenvalue weighted by Gasteiger charge is 2.36. The van der Waals surface area contributed by atoms with Crippen LogP contribution in [0.1, 0.15) is 53.7 Å². The number of phenols is 2. The number of benzene rings is 4. The SMILES string of the molecule is C[C@@H]1NC(=O)[C@@H](N(C)C(=O)[C@H](CCCCN)NC(=O)c2ccc(-c3ccc(Cl)cc3)cc2)c2ccc(O)c(c2)-c2cc(ccc2O)C[C@@H](C(=O)N[C@@H](CF)C(=O)N(C)CC(N)=O)NC1=O. The highest BCUT2D eigenvalue weighted by molar-refractivity contribution is 6.30. The number of nitrogens with one attached hydrogen (secondary N) is 4. The number of unbranched alkanes of at least 4 members (excludes halogenated alkanes) is 1. The first kappa shape index (κ1) is 49.0. The Morgan fingerprint density at radius 3 is 2.05 bits per heavy atom. The minimum Gasteiger partial charge on any atom is -0.507 e. The van der Waals surface area contributed by atoms with E-state index in [-0.39, 0.29) is 46.6 Å². The van der Waals surface area contributed by atoms with Gasteiger partial charge in [0.2, 0.25) is 35.4 Å². The number of likely N-dealkylation sites (N-methyl/N-ethyl adjacent to an activating group) is 2. The lowest BCUT2D eigenvalue weighted by atomic mass is 9.93. The van der Waals surface area contributed by atoms with Crippen molar-refractivity contribution in [1.82, 2.24) is 31.1 Å². The van der Waals surface area contributed by atoms with Crippen LogP contribution in [0, 0.1) is 0 Å². The fraction of sp³-hybridized carbons (Fsp3) is 0.326. The number of hydrogen-bond donors (Lipinski definition) is 8. The Bertz CT molecular complexity index is 2420. The monoisotopic (exact) mass is 914 g/mol. The van der Waals surface area contributed by atoms with Crippen LogP contribution in [0.5, 0.6) is 11.5 Å². The Kier molecular flexibility index (Phi) is 16.6. The van der Waals surface area contributed by atoms with E-state index >= 15 is 0 Å². The van der Waals surface area contributed by atoms with Crippen molar-refractivity contribution in [2.24, 2.45) is 11.5 Å². The molecule has 7 amide bonds. The molecule has 65 heavy (non-hydrogen) atoms. The Morgan fingerprint density at radius 1 is 0.815 bits per heavy atom. The molecule has 5 rings (SSSR count). The number of halogens is 2. The third kappa shape index (κ3) is 12.4. The standard InChI is InChI=1S/C46H52ClFN8O9/c1-25-41(60)53-35(43(62)54-36(23-48)45(64)55(2)24-39(50)59)21-26-7-17-37(57)32(20-26)33-22-30(14-18-38(33)58)40(44(63)51-25)56(3)46(65)34(6-4-5-19-49)52-42(61)29-10-8-27(9-11-29)28-12-15-31(47)16-13-28/h7-18,20,22,25,34-36,40,57-58H,4-6,19,21,23-24,49H2,1-3H3,(H2,50,59)(H,51,63)(H,52,61)(H,53,60)(H,54,62)/t25-,34-,35-,36-,40-/m0/s1. The molecular formula is C46H52ClFN8O9. The first-order valence-corrected chi connectivity index (χ1v) is 21.1. The van der Waals surface area contributed by atoms with Crippen LogP contribution in [-0.4, -0.2) is 119 Å². The fourth-order valence-corrected chi connectivity index (χ4v) is 7.48. The number of rotatable bonds is 15.